The van der Waals surface area contributed by atoms with Crippen LogP contribution in [0.25, 0.3) is 6.08 Å². The van der Waals surface area contributed by atoms with E-state index in [-0.39, 0.29) is 40.4 Å². The van der Waals surface area contributed by atoms with Crippen LogP contribution in [0.15, 0.2) is 52.6 Å². The highest BCUT2D eigenvalue weighted by atomic mass is 79.9. The number of hydrogen-bond acceptors (Lipinski definition) is 7. The highest BCUT2D eigenvalue weighted by Crippen LogP contribution is 2.56. The Balaban J connectivity index is 1.02. The molecule has 3 fully saturated rings. The van der Waals surface area contributed by atoms with Gasteiger partial charge >= 0.3 is 6.03 Å². The third kappa shape index (κ3) is 7.74. The summed E-state index contributed by atoms with van der Waals surface area (Å²) in [6.45, 7) is 2.80. The molecule has 1 unspecified atom stereocenters. The van der Waals surface area contributed by atoms with Crippen LogP contribution in [-0.2, 0) is 9.59 Å². The molecule has 0 bridgehead atoms. The zero-order chi connectivity index (χ0) is 31.1. The predicted molar refractivity (Wildman–Crippen MR) is 173 cm³/mol. The number of nitrogens with zero attached hydrogens (tertiary/aromatic N) is 2. The Morgan fingerprint density at radius 3 is 2.77 bits per heavy atom. The Morgan fingerprint density at radius 2 is 2.05 bits per heavy atom. The van der Waals surface area contributed by atoms with Crippen molar-refractivity contribution < 1.29 is 19.1 Å². The minimum atomic E-state index is -0.453. The Hall–Kier alpha value is -3.56. The molecule has 5 rings (SSSR count). The summed E-state index contributed by atoms with van der Waals surface area (Å²) in [5.74, 6) is 1.72. The Bertz CT molecular complexity index is 1440. The zero-order valence-corrected chi connectivity index (χ0v) is 27.0. The molecule has 1 saturated carbocycles. The first-order valence-corrected chi connectivity index (χ1v) is 16.8. The SMILES string of the molecule is CCCC(NC(=O)/C(C#N)=C/c1cccc(Br)n1)c1ccc(OCCNC(=O)CCC2CC3(C2)SC[C@@H]2NC(=O)N[C@@H]23)cc1. The lowest BCUT2D eigenvalue weighted by Crippen LogP contribution is -2.54. The van der Waals surface area contributed by atoms with Crippen molar-refractivity contribution in [3.05, 3.63) is 63.9 Å². The molecule has 44 heavy (non-hydrogen) atoms. The van der Waals surface area contributed by atoms with Gasteiger partial charge in [-0.15, -0.1) is 0 Å². The van der Waals surface area contributed by atoms with E-state index in [1.807, 2.05) is 49.0 Å². The van der Waals surface area contributed by atoms with E-state index in [1.165, 1.54) is 6.08 Å². The Kier molecular flexibility index (Phi) is 10.5. The summed E-state index contributed by atoms with van der Waals surface area (Å²) in [5, 5.41) is 21.6. The van der Waals surface area contributed by atoms with E-state index < -0.39 is 5.91 Å². The third-order valence-electron chi connectivity index (χ3n) is 8.42. The van der Waals surface area contributed by atoms with Gasteiger partial charge in [0, 0.05) is 16.9 Å². The molecule has 1 spiro atoms. The zero-order valence-electron chi connectivity index (χ0n) is 24.6. The van der Waals surface area contributed by atoms with Crippen molar-refractivity contribution in [3.63, 3.8) is 0 Å². The number of carbonyl (C=O) groups is 3. The maximum absolute atomic E-state index is 12.9. The minimum Gasteiger partial charge on any atom is -0.492 e. The number of carbonyl (C=O) groups excluding carboxylic acids is 3. The second-order valence-electron chi connectivity index (χ2n) is 11.5. The number of nitriles is 1. The third-order valence-corrected chi connectivity index (χ3v) is 10.6. The van der Waals surface area contributed by atoms with Crippen molar-refractivity contribution in [2.45, 2.75) is 68.3 Å². The van der Waals surface area contributed by atoms with Gasteiger partial charge in [0.1, 0.15) is 28.6 Å². The largest absolute Gasteiger partial charge is 0.492 e. The standard InChI is InChI=1S/C32H37BrN6O4S/c1-2-4-25(37-30(41)22(18-34)15-23-5-3-6-27(33)36-23)21-8-10-24(11-9-21)43-14-13-35-28(40)12-7-20-16-32(17-20)29-26(19-44-32)38-31(42)39-29/h3,5-6,8-11,15,20,25-26,29H,2,4,7,12-14,16-17,19H2,1H3,(H,35,40)(H,37,41)(H2,38,39,42)/b22-15+/t20?,25?,26-,29-,32?/m0/s1. The predicted octanol–water partition coefficient (Wildman–Crippen LogP) is 4.63. The van der Waals surface area contributed by atoms with Crippen LogP contribution in [0.1, 0.15) is 62.7 Å². The molecule has 2 aromatic rings. The first-order chi connectivity index (χ1) is 21.3. The van der Waals surface area contributed by atoms with Crippen molar-refractivity contribution in [2.24, 2.45) is 5.92 Å². The summed E-state index contributed by atoms with van der Waals surface area (Å²) in [7, 11) is 0. The van der Waals surface area contributed by atoms with Gasteiger partial charge < -0.3 is 26.0 Å². The summed E-state index contributed by atoms with van der Waals surface area (Å²) in [4.78, 5) is 41.2. The number of hydrogen-bond donors (Lipinski definition) is 4. The van der Waals surface area contributed by atoms with E-state index >= 15 is 0 Å². The van der Waals surface area contributed by atoms with Gasteiger partial charge in [0.25, 0.3) is 5.91 Å². The lowest BCUT2D eigenvalue weighted by atomic mass is 9.67. The van der Waals surface area contributed by atoms with E-state index in [1.54, 1.807) is 18.2 Å². The number of aromatic nitrogens is 1. The van der Waals surface area contributed by atoms with Crippen LogP contribution in [0, 0.1) is 17.2 Å². The second kappa shape index (κ2) is 14.5. The molecular formula is C32H37BrN6O4S. The molecule has 4 N–H and O–H groups in total. The van der Waals surface area contributed by atoms with Gasteiger partial charge in [-0.25, -0.2) is 9.78 Å². The summed E-state index contributed by atoms with van der Waals surface area (Å²) >= 11 is 5.26. The van der Waals surface area contributed by atoms with Gasteiger partial charge in [0.05, 0.1) is 30.4 Å². The quantitative estimate of drug-likeness (QED) is 0.0794. The smallest absolute Gasteiger partial charge is 0.315 e. The van der Waals surface area contributed by atoms with Crippen LogP contribution in [0.3, 0.4) is 0 Å². The number of thioether (sulfide) groups is 1. The molecule has 232 valence electrons. The normalized spacial score (nSPS) is 24.3. The van der Waals surface area contributed by atoms with E-state index in [0.29, 0.717) is 48.0 Å². The van der Waals surface area contributed by atoms with Crippen molar-refractivity contribution in [3.8, 4) is 11.8 Å². The molecule has 1 aromatic heterocycles. The molecule has 10 nitrogen and oxygen atoms in total. The van der Waals surface area contributed by atoms with Crippen LogP contribution >= 0.6 is 27.7 Å². The molecule has 3 atom stereocenters. The average molecular weight is 682 g/mol. The molecule has 1 aromatic carbocycles. The number of fused-ring (bicyclic) bond motifs is 2. The van der Waals surface area contributed by atoms with E-state index in [0.717, 1.165) is 37.0 Å². The molecule has 3 heterocycles. The fourth-order valence-electron chi connectivity index (χ4n) is 6.24. The van der Waals surface area contributed by atoms with Crippen LogP contribution in [-0.4, -0.2) is 58.6 Å². The van der Waals surface area contributed by atoms with Crippen LogP contribution < -0.4 is 26.0 Å². The summed E-state index contributed by atoms with van der Waals surface area (Å²) in [6.07, 6.45) is 6.48. The number of amides is 4. The Labute approximate surface area is 270 Å². The number of urea groups is 1. The van der Waals surface area contributed by atoms with Crippen molar-refractivity contribution in [2.75, 3.05) is 18.9 Å². The molecule has 4 amide bonds. The van der Waals surface area contributed by atoms with Gasteiger partial charge in [-0.3, -0.25) is 9.59 Å². The number of rotatable bonds is 13. The highest BCUT2D eigenvalue weighted by molar-refractivity contribution is 9.10. The van der Waals surface area contributed by atoms with Gasteiger partial charge in [0.15, 0.2) is 0 Å². The van der Waals surface area contributed by atoms with Gasteiger partial charge in [0.2, 0.25) is 5.91 Å². The van der Waals surface area contributed by atoms with Crippen molar-refractivity contribution in [1.29, 1.82) is 5.26 Å². The minimum absolute atomic E-state index is 0.0159. The van der Waals surface area contributed by atoms with Gasteiger partial charge in [-0.2, -0.15) is 17.0 Å². The molecule has 0 radical (unpaired) electrons. The number of nitrogens with one attached hydrogen (secondary N) is 4. The fourth-order valence-corrected chi connectivity index (χ4v) is 8.49. The monoisotopic (exact) mass is 680 g/mol. The van der Waals surface area contributed by atoms with Gasteiger partial charge in [-0.1, -0.05) is 31.5 Å². The molecule has 3 aliphatic rings. The molecule has 2 aliphatic heterocycles. The first kappa shape index (κ1) is 31.9. The van der Waals surface area contributed by atoms with Crippen LogP contribution in [0.2, 0.25) is 0 Å². The van der Waals surface area contributed by atoms with E-state index in [9.17, 15) is 19.6 Å². The second-order valence-corrected chi connectivity index (χ2v) is 13.8. The lowest BCUT2D eigenvalue weighted by molar-refractivity contribution is -0.121. The summed E-state index contributed by atoms with van der Waals surface area (Å²) < 4.78 is 6.59. The van der Waals surface area contributed by atoms with Crippen molar-refractivity contribution >= 4 is 51.6 Å². The Morgan fingerprint density at radius 1 is 1.25 bits per heavy atom. The maximum Gasteiger partial charge on any atom is 0.315 e. The maximum atomic E-state index is 12.9. The fraction of sp³-hybridized carbons (Fsp3) is 0.469. The highest BCUT2D eigenvalue weighted by Gasteiger charge is 2.59. The molecule has 12 heteroatoms. The van der Waals surface area contributed by atoms with Gasteiger partial charge in [-0.05, 0) is 83.4 Å². The summed E-state index contributed by atoms with van der Waals surface area (Å²) in [5.41, 5.74) is 1.41. The van der Waals surface area contributed by atoms with Crippen LogP contribution in [0.4, 0.5) is 4.79 Å². The number of pyridine rings is 1. The van der Waals surface area contributed by atoms with E-state index in [2.05, 4.69) is 42.2 Å². The summed E-state index contributed by atoms with van der Waals surface area (Å²) in [6, 6.07) is 14.9. The van der Waals surface area contributed by atoms with Crippen LogP contribution in [0.5, 0.6) is 5.75 Å². The average Bonchev–Trinajstić information content (AvgIpc) is 3.54. The number of ether oxygens (including phenoxy) is 1. The topological polar surface area (TPSA) is 145 Å². The van der Waals surface area contributed by atoms with E-state index in [4.69, 9.17) is 4.74 Å². The number of benzene rings is 1. The first-order valence-electron chi connectivity index (χ1n) is 15.0. The molecule has 1 aliphatic carbocycles. The molecular weight excluding hydrogens is 644 g/mol. The molecule has 2 saturated heterocycles. The lowest BCUT2D eigenvalue weighted by Gasteiger charge is -2.47. The van der Waals surface area contributed by atoms with Crippen molar-refractivity contribution in [1.82, 2.24) is 26.3 Å². The number of halogens is 1.